The number of carboxylic acids is 2. The molecule has 0 bridgehead atoms. The number of nitro groups is 1. The van der Waals surface area contributed by atoms with Crippen LogP contribution in [0.4, 0.5) is 20.2 Å². The first-order valence-corrected chi connectivity index (χ1v) is 7.01. The van der Waals surface area contributed by atoms with E-state index < -0.39 is 28.5 Å². The zero-order valence-corrected chi connectivity index (χ0v) is 13.4. The molecule has 0 unspecified atom stereocenters. The lowest BCUT2D eigenvalue weighted by atomic mass is 10.1. The van der Waals surface area contributed by atoms with Crippen molar-refractivity contribution in [1.82, 2.24) is 0 Å². The zero-order valence-electron chi connectivity index (χ0n) is 13.4. The Kier molecular flexibility index (Phi) is 7.14. The summed E-state index contributed by atoms with van der Waals surface area (Å²) >= 11 is 0. The van der Waals surface area contributed by atoms with E-state index >= 15 is 0 Å². The van der Waals surface area contributed by atoms with Crippen molar-refractivity contribution in [3.05, 3.63) is 69.3 Å². The van der Waals surface area contributed by atoms with Crippen molar-refractivity contribution in [2.45, 2.75) is 13.5 Å². The fourth-order valence-corrected chi connectivity index (χ4v) is 1.84. The maximum absolute atomic E-state index is 13.5. The van der Waals surface area contributed by atoms with Gasteiger partial charge in [0, 0.05) is 29.9 Å². The van der Waals surface area contributed by atoms with Crippen molar-refractivity contribution in [3.8, 4) is 0 Å². The fraction of sp³-hybridized carbons (Fsp3) is 0.125. The molecule has 8 nitrogen and oxygen atoms in total. The van der Waals surface area contributed by atoms with Gasteiger partial charge in [-0.2, -0.15) is 0 Å². The summed E-state index contributed by atoms with van der Waals surface area (Å²) in [6.07, 6.45) is 0. The number of benzene rings is 2. The van der Waals surface area contributed by atoms with Crippen LogP contribution in [0, 0.1) is 28.7 Å². The van der Waals surface area contributed by atoms with E-state index in [0.717, 1.165) is 0 Å². The summed E-state index contributed by atoms with van der Waals surface area (Å²) in [5.41, 5.74) is 1.14. The van der Waals surface area contributed by atoms with Crippen LogP contribution >= 0.6 is 0 Å². The molecule has 10 heteroatoms. The van der Waals surface area contributed by atoms with Gasteiger partial charge in [-0.3, -0.25) is 10.1 Å². The minimum absolute atomic E-state index is 0.0230. The molecular formula is C16H14F2N2O6. The Morgan fingerprint density at radius 2 is 1.65 bits per heavy atom. The number of hydrogen-bond acceptors (Lipinski definition) is 5. The van der Waals surface area contributed by atoms with Crippen molar-refractivity contribution in [2.24, 2.45) is 0 Å². The van der Waals surface area contributed by atoms with E-state index in [4.69, 9.17) is 19.8 Å². The van der Waals surface area contributed by atoms with Crippen molar-refractivity contribution >= 4 is 23.3 Å². The standard InChI is InChI=1S/C14H12F2N2O2.C2H2O4/c1-9-7-10(18(19)20)5-6-14(9)17-8-11-12(15)3-2-4-13(11)16;3-1(4)2(5)6/h2-7,17H,8H2,1H3;(H,3,4)(H,5,6). The molecule has 3 N–H and O–H groups in total. The van der Waals surface area contributed by atoms with E-state index in [1.165, 1.54) is 36.4 Å². The van der Waals surface area contributed by atoms with Gasteiger partial charge in [-0.15, -0.1) is 0 Å². The molecule has 0 saturated carbocycles. The molecule has 0 radical (unpaired) electrons. The number of nitro benzene ring substituents is 1. The molecule has 0 atom stereocenters. The quantitative estimate of drug-likeness (QED) is 0.430. The molecule has 2 aromatic carbocycles. The first-order valence-electron chi connectivity index (χ1n) is 7.01. The average Bonchev–Trinajstić information content (AvgIpc) is 2.55. The number of nitrogens with zero attached hydrogens (tertiary/aromatic N) is 1. The van der Waals surface area contributed by atoms with Gasteiger partial charge in [-0.1, -0.05) is 6.07 Å². The number of aryl methyl sites for hydroxylation is 1. The van der Waals surface area contributed by atoms with Gasteiger partial charge in [0.1, 0.15) is 11.6 Å². The number of carbonyl (C=O) groups is 2. The molecule has 2 aromatic rings. The molecule has 138 valence electrons. The number of nitrogens with one attached hydrogen (secondary N) is 1. The van der Waals surface area contributed by atoms with E-state index in [1.54, 1.807) is 6.92 Å². The maximum Gasteiger partial charge on any atom is 0.414 e. The lowest BCUT2D eigenvalue weighted by molar-refractivity contribution is -0.384. The third kappa shape index (κ3) is 5.82. The summed E-state index contributed by atoms with van der Waals surface area (Å²) in [7, 11) is 0. The summed E-state index contributed by atoms with van der Waals surface area (Å²) in [6.45, 7) is 1.66. The Labute approximate surface area is 145 Å². The Balaban J connectivity index is 0.000000487. The Hall–Kier alpha value is -3.56. The first-order chi connectivity index (χ1) is 12.1. The second kappa shape index (κ2) is 9.06. The molecule has 26 heavy (non-hydrogen) atoms. The van der Waals surface area contributed by atoms with E-state index in [-0.39, 0.29) is 17.8 Å². The van der Waals surface area contributed by atoms with E-state index in [9.17, 15) is 18.9 Å². The predicted octanol–water partition coefficient (Wildman–Crippen LogP) is 2.95. The minimum atomic E-state index is -1.82. The second-order valence-electron chi connectivity index (χ2n) is 4.92. The molecule has 0 aliphatic rings. The largest absolute Gasteiger partial charge is 0.473 e. The maximum atomic E-state index is 13.5. The summed E-state index contributed by atoms with van der Waals surface area (Å²) in [5, 5.41) is 28.3. The smallest absolute Gasteiger partial charge is 0.414 e. The highest BCUT2D eigenvalue weighted by atomic mass is 19.1. The van der Waals surface area contributed by atoms with Crippen molar-refractivity contribution in [3.63, 3.8) is 0 Å². The van der Waals surface area contributed by atoms with Crippen LogP contribution in [-0.4, -0.2) is 27.1 Å². The third-order valence-corrected chi connectivity index (χ3v) is 3.12. The molecule has 2 rings (SSSR count). The molecular weight excluding hydrogens is 354 g/mol. The molecule has 0 spiro atoms. The highest BCUT2D eigenvalue weighted by Gasteiger charge is 2.11. The lowest BCUT2D eigenvalue weighted by Crippen LogP contribution is -2.09. The van der Waals surface area contributed by atoms with Gasteiger partial charge in [-0.05, 0) is 30.7 Å². The molecule has 0 aliphatic heterocycles. The minimum Gasteiger partial charge on any atom is -0.473 e. The highest BCUT2D eigenvalue weighted by molar-refractivity contribution is 6.27. The number of hydrogen-bond donors (Lipinski definition) is 3. The number of non-ortho nitro benzene ring substituents is 1. The van der Waals surface area contributed by atoms with Gasteiger partial charge in [0.15, 0.2) is 0 Å². The Morgan fingerprint density at radius 3 is 2.08 bits per heavy atom. The fourth-order valence-electron chi connectivity index (χ4n) is 1.84. The predicted molar refractivity (Wildman–Crippen MR) is 86.8 cm³/mol. The summed E-state index contributed by atoms with van der Waals surface area (Å²) < 4.78 is 26.9. The number of rotatable bonds is 4. The molecule has 0 aliphatic carbocycles. The number of halogens is 2. The average molecular weight is 368 g/mol. The third-order valence-electron chi connectivity index (χ3n) is 3.12. The molecule has 0 amide bonds. The molecule has 0 aromatic heterocycles. The van der Waals surface area contributed by atoms with Crippen LogP contribution in [0.1, 0.15) is 11.1 Å². The molecule has 0 fully saturated rings. The van der Waals surface area contributed by atoms with Gasteiger partial charge in [0.25, 0.3) is 5.69 Å². The van der Waals surface area contributed by atoms with Gasteiger partial charge < -0.3 is 15.5 Å². The van der Waals surface area contributed by atoms with Gasteiger partial charge in [0.2, 0.25) is 0 Å². The van der Waals surface area contributed by atoms with Gasteiger partial charge >= 0.3 is 11.9 Å². The normalized spacial score (nSPS) is 9.65. The Bertz CT molecular complexity index is 809. The topological polar surface area (TPSA) is 130 Å². The molecule has 0 saturated heterocycles. The number of aliphatic carboxylic acids is 2. The van der Waals surface area contributed by atoms with Crippen LogP contribution in [0.2, 0.25) is 0 Å². The van der Waals surface area contributed by atoms with E-state index in [0.29, 0.717) is 11.3 Å². The van der Waals surface area contributed by atoms with E-state index in [2.05, 4.69) is 5.32 Å². The number of anilines is 1. The zero-order chi connectivity index (χ0) is 19.9. The molecule has 0 heterocycles. The Morgan fingerprint density at radius 1 is 1.12 bits per heavy atom. The summed E-state index contributed by atoms with van der Waals surface area (Å²) in [5.74, 6) is -4.90. The monoisotopic (exact) mass is 368 g/mol. The van der Waals surface area contributed by atoms with Crippen LogP contribution in [-0.2, 0) is 16.1 Å². The van der Waals surface area contributed by atoms with Crippen LogP contribution in [0.25, 0.3) is 0 Å². The first kappa shape index (κ1) is 20.5. The highest BCUT2D eigenvalue weighted by Crippen LogP contribution is 2.22. The summed E-state index contributed by atoms with van der Waals surface area (Å²) in [4.78, 5) is 28.3. The number of carboxylic acid groups (broad SMARTS) is 2. The van der Waals surface area contributed by atoms with Crippen molar-refractivity contribution < 1.29 is 33.5 Å². The summed E-state index contributed by atoms with van der Waals surface area (Å²) in [6, 6.07) is 7.93. The van der Waals surface area contributed by atoms with E-state index in [1.807, 2.05) is 0 Å². The van der Waals surface area contributed by atoms with Crippen LogP contribution < -0.4 is 5.32 Å². The van der Waals surface area contributed by atoms with Gasteiger partial charge in [0.05, 0.1) is 4.92 Å². The van der Waals surface area contributed by atoms with Crippen molar-refractivity contribution in [1.29, 1.82) is 0 Å². The van der Waals surface area contributed by atoms with Crippen LogP contribution in [0.15, 0.2) is 36.4 Å². The second-order valence-corrected chi connectivity index (χ2v) is 4.92. The van der Waals surface area contributed by atoms with Gasteiger partial charge in [-0.25, -0.2) is 18.4 Å². The van der Waals surface area contributed by atoms with Crippen molar-refractivity contribution in [2.75, 3.05) is 5.32 Å². The van der Waals surface area contributed by atoms with Crippen LogP contribution in [0.5, 0.6) is 0 Å². The SMILES string of the molecule is Cc1cc([N+](=O)[O-])ccc1NCc1c(F)cccc1F.O=C(O)C(=O)O. The van der Waals surface area contributed by atoms with Crippen LogP contribution in [0.3, 0.4) is 0 Å². The lowest BCUT2D eigenvalue weighted by Gasteiger charge is -2.10.